The first-order valence-corrected chi connectivity index (χ1v) is 5.89. The number of nitrogen functional groups attached to an aromatic ring is 1. The fourth-order valence-corrected chi connectivity index (χ4v) is 1.98. The van der Waals surface area contributed by atoms with Gasteiger partial charge in [-0.15, -0.1) is 0 Å². The molecule has 0 radical (unpaired) electrons. The molecule has 2 N–H and O–H groups in total. The maximum Gasteiger partial charge on any atom is 0.123 e. The van der Waals surface area contributed by atoms with Crippen molar-refractivity contribution in [2.45, 2.75) is 5.33 Å². The van der Waals surface area contributed by atoms with Crippen LogP contribution in [0.5, 0.6) is 0 Å². The van der Waals surface area contributed by atoms with Crippen molar-refractivity contribution in [2.75, 3.05) is 5.73 Å². The van der Waals surface area contributed by atoms with Crippen molar-refractivity contribution >= 4 is 21.7 Å². The number of halogens is 2. The lowest BCUT2D eigenvalue weighted by molar-refractivity contribution is 0.628. The second-order valence-electron chi connectivity index (χ2n) is 3.41. The number of rotatable bonds is 2. The predicted molar refractivity (Wildman–Crippen MR) is 66.7 cm³/mol. The molecule has 1 aromatic heterocycles. The van der Waals surface area contributed by atoms with Crippen LogP contribution in [0.25, 0.3) is 11.1 Å². The van der Waals surface area contributed by atoms with Crippen molar-refractivity contribution in [1.82, 2.24) is 4.98 Å². The third-order valence-electron chi connectivity index (χ3n) is 2.31. The molecule has 0 aliphatic rings. The Hall–Kier alpha value is -1.42. The third-order valence-corrected chi connectivity index (χ3v) is 2.91. The van der Waals surface area contributed by atoms with E-state index < -0.39 is 0 Å². The predicted octanol–water partition coefficient (Wildman–Crippen LogP) is 3.36. The molecule has 0 unspecified atom stereocenters. The van der Waals surface area contributed by atoms with Gasteiger partial charge in [-0.05, 0) is 29.3 Å². The van der Waals surface area contributed by atoms with Gasteiger partial charge in [-0.2, -0.15) is 0 Å². The summed E-state index contributed by atoms with van der Waals surface area (Å²) in [5, 5.41) is 0.687. The van der Waals surface area contributed by atoms with Crippen LogP contribution in [0.1, 0.15) is 5.56 Å². The van der Waals surface area contributed by atoms with Crippen LogP contribution < -0.4 is 5.73 Å². The number of alkyl halides is 1. The van der Waals surface area contributed by atoms with Crippen molar-refractivity contribution in [1.29, 1.82) is 0 Å². The Balaban J connectivity index is 2.51. The number of hydrogen-bond donors (Lipinski definition) is 1. The molecule has 0 aliphatic carbocycles. The van der Waals surface area contributed by atoms with Gasteiger partial charge < -0.3 is 5.73 Å². The van der Waals surface area contributed by atoms with Crippen LogP contribution in [0.2, 0.25) is 0 Å². The summed E-state index contributed by atoms with van der Waals surface area (Å²) in [4.78, 5) is 4.05. The maximum absolute atomic E-state index is 12.8. The first-order valence-electron chi connectivity index (χ1n) is 4.77. The molecule has 2 aromatic rings. The molecule has 1 aromatic carbocycles. The highest BCUT2D eigenvalue weighted by atomic mass is 79.9. The Morgan fingerprint density at radius 3 is 2.56 bits per heavy atom. The molecule has 0 bridgehead atoms. The average Bonchev–Trinajstić information content (AvgIpc) is 2.30. The van der Waals surface area contributed by atoms with Crippen molar-refractivity contribution in [2.24, 2.45) is 0 Å². The number of benzene rings is 1. The molecule has 2 rings (SSSR count). The molecular formula is C12H10BrFN2. The first kappa shape index (κ1) is 11.1. The summed E-state index contributed by atoms with van der Waals surface area (Å²) >= 11 is 3.40. The molecule has 0 saturated carbocycles. The molecule has 4 heteroatoms. The Kier molecular flexibility index (Phi) is 3.19. The van der Waals surface area contributed by atoms with E-state index in [-0.39, 0.29) is 5.82 Å². The maximum atomic E-state index is 12.8. The minimum Gasteiger partial charge on any atom is -0.384 e. The Bertz CT molecular complexity index is 497. The second-order valence-corrected chi connectivity index (χ2v) is 3.97. The largest absolute Gasteiger partial charge is 0.384 e. The Morgan fingerprint density at radius 1 is 1.25 bits per heavy atom. The number of anilines is 1. The van der Waals surface area contributed by atoms with E-state index in [1.807, 2.05) is 6.07 Å². The molecule has 0 amide bonds. The summed E-state index contributed by atoms with van der Waals surface area (Å²) in [6.45, 7) is 0. The minimum atomic E-state index is -0.243. The lowest BCUT2D eigenvalue weighted by Crippen LogP contribution is -1.94. The zero-order chi connectivity index (χ0) is 11.5. The minimum absolute atomic E-state index is 0.243. The van der Waals surface area contributed by atoms with Crippen LogP contribution in [0.15, 0.2) is 36.5 Å². The van der Waals surface area contributed by atoms with Gasteiger partial charge in [-0.3, -0.25) is 0 Å². The third kappa shape index (κ3) is 2.22. The average molecular weight is 281 g/mol. The Labute approximate surface area is 101 Å². The zero-order valence-corrected chi connectivity index (χ0v) is 10.0. The summed E-state index contributed by atoms with van der Waals surface area (Å²) in [6.07, 6.45) is 1.71. The molecular weight excluding hydrogens is 271 g/mol. The topological polar surface area (TPSA) is 38.9 Å². The lowest BCUT2D eigenvalue weighted by atomic mass is 10.0. The normalized spacial score (nSPS) is 10.4. The van der Waals surface area contributed by atoms with Gasteiger partial charge in [-0.1, -0.05) is 28.1 Å². The number of nitrogens with zero attached hydrogens (tertiary/aromatic N) is 1. The smallest absolute Gasteiger partial charge is 0.123 e. The van der Waals surface area contributed by atoms with E-state index in [0.717, 1.165) is 16.7 Å². The van der Waals surface area contributed by atoms with Gasteiger partial charge in [0.1, 0.15) is 11.6 Å². The first-order chi connectivity index (χ1) is 7.70. The molecule has 0 saturated heterocycles. The monoisotopic (exact) mass is 280 g/mol. The van der Waals surface area contributed by atoms with Gasteiger partial charge in [0.2, 0.25) is 0 Å². The Morgan fingerprint density at radius 2 is 1.94 bits per heavy atom. The quantitative estimate of drug-likeness (QED) is 0.857. The van der Waals surface area contributed by atoms with Gasteiger partial charge in [0.05, 0.1) is 0 Å². The lowest BCUT2D eigenvalue weighted by Gasteiger charge is -2.07. The number of pyridine rings is 1. The van der Waals surface area contributed by atoms with Crippen LogP contribution >= 0.6 is 15.9 Å². The fourth-order valence-electron chi connectivity index (χ4n) is 1.52. The highest BCUT2D eigenvalue weighted by molar-refractivity contribution is 9.08. The second kappa shape index (κ2) is 4.61. The van der Waals surface area contributed by atoms with Gasteiger partial charge in [0.25, 0.3) is 0 Å². The zero-order valence-electron chi connectivity index (χ0n) is 8.45. The van der Waals surface area contributed by atoms with Gasteiger partial charge >= 0.3 is 0 Å². The summed E-state index contributed by atoms with van der Waals surface area (Å²) in [6, 6.07) is 8.14. The summed E-state index contributed by atoms with van der Waals surface area (Å²) in [5.74, 6) is 0.243. The van der Waals surface area contributed by atoms with Crippen molar-refractivity contribution in [3.63, 3.8) is 0 Å². The van der Waals surface area contributed by atoms with Gasteiger partial charge in [-0.25, -0.2) is 9.37 Å². The van der Waals surface area contributed by atoms with E-state index in [0.29, 0.717) is 11.1 Å². The molecule has 82 valence electrons. The number of nitrogens with two attached hydrogens (primary N) is 1. The molecule has 0 aliphatic heterocycles. The number of aromatic nitrogens is 1. The van der Waals surface area contributed by atoms with Crippen LogP contribution in [0.4, 0.5) is 10.2 Å². The molecule has 0 fully saturated rings. The molecule has 1 heterocycles. The van der Waals surface area contributed by atoms with Crippen LogP contribution in [-0.4, -0.2) is 4.98 Å². The molecule has 0 spiro atoms. The van der Waals surface area contributed by atoms with Crippen molar-refractivity contribution in [3.05, 3.63) is 47.9 Å². The summed E-state index contributed by atoms with van der Waals surface area (Å²) in [5.41, 5.74) is 8.55. The van der Waals surface area contributed by atoms with Crippen molar-refractivity contribution in [3.8, 4) is 11.1 Å². The SMILES string of the molecule is Nc1cc(CBr)c(-c2ccc(F)cc2)cn1. The number of hydrogen-bond acceptors (Lipinski definition) is 2. The fraction of sp³-hybridized carbons (Fsp3) is 0.0833. The van der Waals surface area contributed by atoms with Crippen LogP contribution in [0.3, 0.4) is 0 Å². The van der Waals surface area contributed by atoms with Gasteiger partial charge in [0, 0.05) is 17.1 Å². The van der Waals surface area contributed by atoms with Crippen LogP contribution in [0, 0.1) is 5.82 Å². The molecule has 16 heavy (non-hydrogen) atoms. The van der Waals surface area contributed by atoms with E-state index >= 15 is 0 Å². The van der Waals surface area contributed by atoms with Crippen LogP contribution in [-0.2, 0) is 5.33 Å². The highest BCUT2D eigenvalue weighted by Crippen LogP contribution is 2.26. The van der Waals surface area contributed by atoms with E-state index in [2.05, 4.69) is 20.9 Å². The van der Waals surface area contributed by atoms with Crippen molar-refractivity contribution < 1.29 is 4.39 Å². The standard InChI is InChI=1S/C12H10BrFN2/c13-6-9-5-12(15)16-7-11(9)8-1-3-10(14)4-2-8/h1-5,7H,6H2,(H2,15,16). The van der Waals surface area contributed by atoms with Gasteiger partial charge in [0.15, 0.2) is 0 Å². The van der Waals surface area contributed by atoms with E-state index in [9.17, 15) is 4.39 Å². The highest BCUT2D eigenvalue weighted by Gasteiger charge is 2.05. The summed E-state index contributed by atoms with van der Waals surface area (Å²) < 4.78 is 12.8. The molecule has 2 nitrogen and oxygen atoms in total. The summed E-state index contributed by atoms with van der Waals surface area (Å²) in [7, 11) is 0. The van der Waals surface area contributed by atoms with E-state index in [4.69, 9.17) is 5.73 Å². The molecule has 0 atom stereocenters. The van der Waals surface area contributed by atoms with E-state index in [1.165, 1.54) is 12.1 Å². The van der Waals surface area contributed by atoms with E-state index in [1.54, 1.807) is 18.3 Å².